The van der Waals surface area contributed by atoms with Crippen LogP contribution in [0, 0.1) is 0 Å². The molecule has 0 aliphatic heterocycles. The molecule has 3 aromatic rings. The van der Waals surface area contributed by atoms with Gasteiger partial charge in [0.25, 0.3) is 0 Å². The molecule has 180 valence electrons. The average molecular weight is 494 g/mol. The number of rotatable bonds is 6. The molecular formula is C19H20F6N4O3Si. The quantitative estimate of drug-likeness (QED) is 0.295. The van der Waals surface area contributed by atoms with Gasteiger partial charge in [-0.25, -0.2) is 19.3 Å². The first kappa shape index (κ1) is 24.8. The summed E-state index contributed by atoms with van der Waals surface area (Å²) in [4.78, 5) is 19.2. The maximum absolute atomic E-state index is 13.7. The number of nitrogens with zero attached hydrogens (tertiary/aromatic N) is 3. The van der Waals surface area contributed by atoms with Crippen LogP contribution < -0.4 is 11.5 Å². The fourth-order valence-electron chi connectivity index (χ4n) is 2.99. The maximum atomic E-state index is 13.7. The van der Waals surface area contributed by atoms with E-state index in [9.17, 15) is 31.1 Å². The number of halogens is 6. The molecule has 0 saturated carbocycles. The minimum atomic E-state index is -4.95. The van der Waals surface area contributed by atoms with Gasteiger partial charge in [0.1, 0.15) is 12.2 Å². The number of nitrogen functional groups attached to an aromatic ring is 1. The molecule has 14 heteroatoms. The minimum Gasteiger partial charge on any atom is -0.407 e. The van der Waals surface area contributed by atoms with Crippen LogP contribution in [0.25, 0.3) is 22.4 Å². The molecule has 33 heavy (non-hydrogen) atoms. The average Bonchev–Trinajstić information content (AvgIpc) is 2.98. The van der Waals surface area contributed by atoms with Gasteiger partial charge in [-0.3, -0.25) is 0 Å². The van der Waals surface area contributed by atoms with Gasteiger partial charge in [-0.05, 0) is 18.2 Å². The van der Waals surface area contributed by atoms with E-state index in [-0.39, 0.29) is 12.2 Å². The lowest BCUT2D eigenvalue weighted by molar-refractivity contribution is -0.140. The van der Waals surface area contributed by atoms with Crippen molar-refractivity contribution in [1.29, 1.82) is 0 Å². The number of ether oxygens (including phenoxy) is 1. The highest BCUT2D eigenvalue weighted by molar-refractivity contribution is 6.76. The number of hydrogen-bond donors (Lipinski definition) is 1. The highest BCUT2D eigenvalue weighted by atomic mass is 28.3. The summed E-state index contributed by atoms with van der Waals surface area (Å²) in [5.74, 6) is -2.06. The van der Waals surface area contributed by atoms with Crippen molar-refractivity contribution < 1.29 is 35.5 Å². The van der Waals surface area contributed by atoms with Crippen LogP contribution >= 0.6 is 0 Å². The number of fused-ring (bicyclic) bond motifs is 1. The lowest BCUT2D eigenvalue weighted by atomic mass is 10.1. The van der Waals surface area contributed by atoms with Crippen molar-refractivity contribution in [1.82, 2.24) is 14.5 Å². The van der Waals surface area contributed by atoms with E-state index in [1.807, 2.05) is 0 Å². The Labute approximate surface area is 184 Å². The van der Waals surface area contributed by atoms with Crippen LogP contribution in [-0.2, 0) is 23.8 Å². The predicted octanol–water partition coefficient (Wildman–Crippen LogP) is 4.98. The molecule has 0 aliphatic carbocycles. The molecule has 2 heterocycles. The summed E-state index contributed by atoms with van der Waals surface area (Å²) < 4.78 is 91.7. The van der Waals surface area contributed by atoms with E-state index in [4.69, 9.17) is 14.9 Å². The van der Waals surface area contributed by atoms with Gasteiger partial charge in [-0.2, -0.15) is 26.3 Å². The summed E-state index contributed by atoms with van der Waals surface area (Å²) in [7, 11) is -1.50. The first-order valence-corrected chi connectivity index (χ1v) is 13.3. The number of aromatic nitrogens is 3. The van der Waals surface area contributed by atoms with Crippen LogP contribution in [0.4, 0.5) is 32.2 Å². The van der Waals surface area contributed by atoms with Gasteiger partial charge in [0.05, 0.1) is 17.5 Å². The zero-order valence-corrected chi connectivity index (χ0v) is 18.8. The number of benzene rings is 1. The Hall–Kier alpha value is -2.87. The third-order valence-corrected chi connectivity index (χ3v) is 6.38. The lowest BCUT2D eigenvalue weighted by Crippen LogP contribution is -2.23. The second kappa shape index (κ2) is 8.48. The monoisotopic (exact) mass is 494 g/mol. The second-order valence-corrected chi connectivity index (χ2v) is 14.1. The van der Waals surface area contributed by atoms with E-state index in [0.29, 0.717) is 16.7 Å². The highest BCUT2D eigenvalue weighted by Crippen LogP contribution is 2.39. The summed E-state index contributed by atoms with van der Waals surface area (Å²) in [6.07, 6.45) is -8.97. The van der Waals surface area contributed by atoms with Crippen LogP contribution in [0.3, 0.4) is 0 Å². The Morgan fingerprint density at radius 1 is 1.12 bits per heavy atom. The summed E-state index contributed by atoms with van der Waals surface area (Å²) in [6.45, 7) is 5.92. The van der Waals surface area contributed by atoms with Crippen molar-refractivity contribution in [3.63, 3.8) is 0 Å². The minimum absolute atomic E-state index is 0.217. The van der Waals surface area contributed by atoms with Gasteiger partial charge in [0.2, 0.25) is 0 Å². The highest BCUT2D eigenvalue weighted by Gasteiger charge is 2.38. The van der Waals surface area contributed by atoms with E-state index in [2.05, 4.69) is 29.6 Å². The molecule has 1 aromatic carbocycles. The van der Waals surface area contributed by atoms with Gasteiger partial charge in [-0.1, -0.05) is 19.6 Å². The van der Waals surface area contributed by atoms with Crippen LogP contribution in [0.2, 0.25) is 25.7 Å². The van der Waals surface area contributed by atoms with E-state index >= 15 is 0 Å². The number of alkyl halides is 6. The first-order valence-electron chi connectivity index (χ1n) is 9.61. The third-order valence-electron chi connectivity index (χ3n) is 4.68. The summed E-state index contributed by atoms with van der Waals surface area (Å²) in [6, 6.07) is 2.21. The third kappa shape index (κ3) is 5.38. The van der Waals surface area contributed by atoms with Gasteiger partial charge in [0.15, 0.2) is 17.1 Å². The fraction of sp³-hybridized carbons (Fsp3) is 0.421. The van der Waals surface area contributed by atoms with Crippen molar-refractivity contribution in [2.24, 2.45) is 0 Å². The molecule has 0 radical (unpaired) electrons. The van der Waals surface area contributed by atoms with Crippen LogP contribution in [0.1, 0.15) is 11.3 Å². The van der Waals surface area contributed by atoms with Crippen molar-refractivity contribution in [2.75, 3.05) is 12.3 Å². The SMILES string of the molecule is C[Si](C)(C)CCOCn1c(=O)oc2c(-c3cnc(N)c(C(F)(F)F)n3)ccc(C(F)(F)F)c21. The Kier molecular flexibility index (Phi) is 6.36. The van der Waals surface area contributed by atoms with E-state index in [1.165, 1.54) is 0 Å². The topological polar surface area (TPSA) is 96.2 Å². The molecule has 0 saturated heterocycles. The second-order valence-electron chi connectivity index (χ2n) is 8.47. The molecule has 0 aliphatic rings. The summed E-state index contributed by atoms with van der Waals surface area (Å²) in [5.41, 5.74) is 0.528. The van der Waals surface area contributed by atoms with Gasteiger partial charge in [-0.15, -0.1) is 0 Å². The molecule has 0 spiro atoms. The largest absolute Gasteiger partial charge is 0.437 e. The molecular weight excluding hydrogens is 474 g/mol. The number of nitrogens with two attached hydrogens (primary N) is 1. The Morgan fingerprint density at radius 2 is 1.79 bits per heavy atom. The Bertz CT molecular complexity index is 1230. The number of hydrogen-bond acceptors (Lipinski definition) is 6. The smallest absolute Gasteiger partial charge is 0.407 e. The summed E-state index contributed by atoms with van der Waals surface area (Å²) >= 11 is 0. The van der Waals surface area contributed by atoms with E-state index < -0.39 is 66.8 Å². The molecule has 3 rings (SSSR count). The first-order chi connectivity index (χ1) is 15.1. The van der Waals surface area contributed by atoms with Crippen molar-refractivity contribution in [2.45, 2.75) is 44.8 Å². The normalized spacial score (nSPS) is 13.1. The molecule has 2 aromatic heterocycles. The molecule has 0 bridgehead atoms. The fourth-order valence-corrected chi connectivity index (χ4v) is 3.75. The molecule has 0 atom stereocenters. The zero-order chi connectivity index (χ0) is 24.8. The Morgan fingerprint density at radius 3 is 2.36 bits per heavy atom. The maximum Gasteiger partial charge on any atom is 0.437 e. The molecule has 2 N–H and O–H groups in total. The predicted molar refractivity (Wildman–Crippen MR) is 110 cm³/mol. The summed E-state index contributed by atoms with van der Waals surface area (Å²) in [5, 5.41) is 0. The standard InChI is InChI=1S/C19H20F6N4O3Si/c1-33(2,3)7-6-31-9-29-13-11(18(20,21)22)5-4-10(14(13)32-17(29)30)12-8-27-16(26)15(28-12)19(23,24)25/h4-5,8H,6-7,9H2,1-3H3,(H2,26,27). The number of oxazole rings is 1. The number of anilines is 1. The molecule has 0 fully saturated rings. The van der Waals surface area contributed by atoms with Crippen LogP contribution in [0.15, 0.2) is 27.5 Å². The van der Waals surface area contributed by atoms with Crippen molar-refractivity contribution in [3.05, 3.63) is 40.1 Å². The molecule has 0 amide bonds. The zero-order valence-electron chi connectivity index (χ0n) is 17.8. The van der Waals surface area contributed by atoms with Gasteiger partial charge < -0.3 is 14.9 Å². The van der Waals surface area contributed by atoms with Gasteiger partial charge >= 0.3 is 18.1 Å². The molecule has 7 nitrogen and oxygen atoms in total. The lowest BCUT2D eigenvalue weighted by Gasteiger charge is -2.16. The van der Waals surface area contributed by atoms with Crippen LogP contribution in [0.5, 0.6) is 0 Å². The van der Waals surface area contributed by atoms with E-state index in [1.54, 1.807) is 0 Å². The molecule has 0 unspecified atom stereocenters. The van der Waals surface area contributed by atoms with Gasteiger partial charge in [0, 0.05) is 20.2 Å². The van der Waals surface area contributed by atoms with Crippen molar-refractivity contribution >= 4 is 25.0 Å². The van der Waals surface area contributed by atoms with E-state index in [0.717, 1.165) is 12.3 Å². The Balaban J connectivity index is 2.16. The van der Waals surface area contributed by atoms with Crippen LogP contribution in [-0.4, -0.2) is 29.2 Å². The van der Waals surface area contributed by atoms with Crippen molar-refractivity contribution in [3.8, 4) is 11.3 Å².